The number of para-hydroxylation sites is 1. The summed E-state index contributed by atoms with van der Waals surface area (Å²) in [4.78, 5) is 22.2. The van der Waals surface area contributed by atoms with Gasteiger partial charge in [0.15, 0.2) is 5.65 Å². The van der Waals surface area contributed by atoms with Gasteiger partial charge in [0.25, 0.3) is 5.91 Å². The van der Waals surface area contributed by atoms with E-state index in [2.05, 4.69) is 15.4 Å². The molecule has 5 aromatic rings. The van der Waals surface area contributed by atoms with Crippen LogP contribution in [-0.2, 0) is 6.54 Å². The Kier molecular flexibility index (Phi) is 5.51. The third-order valence-corrected chi connectivity index (χ3v) is 5.29. The maximum Gasteiger partial charge on any atom is 0.270 e. The SMILES string of the molecule is COc1ccccc1-c1cc(C(=O)NCc2cccnc2)n2nc(-c3ccccc3)cc2n1. The summed E-state index contributed by atoms with van der Waals surface area (Å²) < 4.78 is 7.11. The first-order chi connectivity index (χ1) is 16.2. The van der Waals surface area contributed by atoms with Crippen LogP contribution in [-0.4, -0.2) is 32.6 Å². The zero-order chi connectivity index (χ0) is 22.6. The Balaban J connectivity index is 1.61. The highest BCUT2D eigenvalue weighted by Crippen LogP contribution is 2.30. The van der Waals surface area contributed by atoms with Gasteiger partial charge in [-0.2, -0.15) is 5.10 Å². The van der Waals surface area contributed by atoms with Crippen molar-refractivity contribution in [3.05, 3.63) is 103 Å². The van der Waals surface area contributed by atoms with Gasteiger partial charge in [0.05, 0.1) is 18.5 Å². The molecule has 0 aliphatic carbocycles. The maximum absolute atomic E-state index is 13.3. The molecule has 0 aliphatic heterocycles. The van der Waals surface area contributed by atoms with Gasteiger partial charge < -0.3 is 10.1 Å². The van der Waals surface area contributed by atoms with Crippen molar-refractivity contribution in [3.8, 4) is 28.3 Å². The topological polar surface area (TPSA) is 81.4 Å². The van der Waals surface area contributed by atoms with Crippen molar-refractivity contribution in [2.24, 2.45) is 0 Å². The second kappa shape index (κ2) is 8.92. The Bertz CT molecular complexity index is 1420. The predicted molar refractivity (Wildman–Crippen MR) is 126 cm³/mol. The lowest BCUT2D eigenvalue weighted by atomic mass is 10.1. The number of carbonyl (C=O) groups excluding carboxylic acids is 1. The third-order valence-electron chi connectivity index (χ3n) is 5.29. The normalized spacial score (nSPS) is 10.8. The minimum Gasteiger partial charge on any atom is -0.496 e. The van der Waals surface area contributed by atoms with Gasteiger partial charge >= 0.3 is 0 Å². The van der Waals surface area contributed by atoms with E-state index in [9.17, 15) is 4.79 Å². The molecule has 1 N–H and O–H groups in total. The van der Waals surface area contributed by atoms with E-state index in [1.54, 1.807) is 30.1 Å². The van der Waals surface area contributed by atoms with Crippen LogP contribution >= 0.6 is 0 Å². The Labute approximate surface area is 190 Å². The van der Waals surface area contributed by atoms with Crippen LogP contribution in [0.3, 0.4) is 0 Å². The highest BCUT2D eigenvalue weighted by molar-refractivity contribution is 5.94. The number of amides is 1. The summed E-state index contributed by atoms with van der Waals surface area (Å²) in [5.41, 5.74) is 4.98. The lowest BCUT2D eigenvalue weighted by molar-refractivity contribution is 0.0943. The second-order valence-electron chi connectivity index (χ2n) is 7.44. The number of hydrogen-bond donors (Lipinski definition) is 1. The van der Waals surface area contributed by atoms with E-state index in [0.717, 1.165) is 22.4 Å². The average Bonchev–Trinajstić information content (AvgIpc) is 3.32. The van der Waals surface area contributed by atoms with Crippen molar-refractivity contribution >= 4 is 11.6 Å². The van der Waals surface area contributed by atoms with Gasteiger partial charge in [-0.05, 0) is 29.8 Å². The summed E-state index contributed by atoms with van der Waals surface area (Å²) in [6.45, 7) is 0.354. The molecule has 33 heavy (non-hydrogen) atoms. The number of nitrogens with one attached hydrogen (secondary N) is 1. The standard InChI is InChI=1S/C26H21N5O2/c1-33-24-12-6-5-11-20(24)22-14-23(26(32)28-17-18-8-7-13-27-16-18)31-25(29-22)15-21(30-31)19-9-3-2-4-10-19/h2-16H,17H2,1H3,(H,28,32). The molecule has 0 atom stereocenters. The molecular formula is C26H21N5O2. The van der Waals surface area contributed by atoms with Crippen molar-refractivity contribution in [1.29, 1.82) is 0 Å². The number of pyridine rings is 1. The Morgan fingerprint density at radius 2 is 1.79 bits per heavy atom. The van der Waals surface area contributed by atoms with Crippen LogP contribution in [0.2, 0.25) is 0 Å². The highest BCUT2D eigenvalue weighted by Gasteiger charge is 2.18. The predicted octanol–water partition coefficient (Wildman–Crippen LogP) is 4.40. The van der Waals surface area contributed by atoms with Crippen molar-refractivity contribution in [2.45, 2.75) is 6.54 Å². The smallest absolute Gasteiger partial charge is 0.270 e. The summed E-state index contributed by atoms with van der Waals surface area (Å²) in [5.74, 6) is 0.420. The van der Waals surface area contributed by atoms with Crippen LogP contribution in [0.25, 0.3) is 28.2 Å². The van der Waals surface area contributed by atoms with E-state index in [-0.39, 0.29) is 5.91 Å². The fourth-order valence-corrected chi connectivity index (χ4v) is 3.66. The average molecular weight is 435 g/mol. The first kappa shape index (κ1) is 20.4. The minimum absolute atomic E-state index is 0.259. The largest absolute Gasteiger partial charge is 0.496 e. The second-order valence-corrected chi connectivity index (χ2v) is 7.44. The van der Waals surface area contributed by atoms with Gasteiger partial charge in [-0.15, -0.1) is 0 Å². The molecule has 3 aromatic heterocycles. The summed E-state index contributed by atoms with van der Waals surface area (Å²) in [6, 6.07) is 24.8. The molecule has 2 aromatic carbocycles. The zero-order valence-corrected chi connectivity index (χ0v) is 18.0. The molecule has 0 bridgehead atoms. The Morgan fingerprint density at radius 3 is 2.58 bits per heavy atom. The van der Waals surface area contributed by atoms with E-state index in [0.29, 0.717) is 29.3 Å². The number of fused-ring (bicyclic) bond motifs is 1. The Morgan fingerprint density at radius 1 is 0.970 bits per heavy atom. The van der Waals surface area contributed by atoms with Crippen LogP contribution in [0.4, 0.5) is 0 Å². The van der Waals surface area contributed by atoms with Gasteiger partial charge in [0.1, 0.15) is 11.4 Å². The van der Waals surface area contributed by atoms with Crippen LogP contribution in [0.15, 0.2) is 91.3 Å². The van der Waals surface area contributed by atoms with Crippen molar-refractivity contribution in [3.63, 3.8) is 0 Å². The van der Waals surface area contributed by atoms with Gasteiger partial charge in [-0.1, -0.05) is 48.5 Å². The summed E-state index contributed by atoms with van der Waals surface area (Å²) >= 11 is 0. The molecule has 0 unspecified atom stereocenters. The molecule has 1 amide bonds. The number of hydrogen-bond acceptors (Lipinski definition) is 5. The molecule has 0 saturated heterocycles. The van der Waals surface area contributed by atoms with E-state index in [1.807, 2.05) is 72.8 Å². The van der Waals surface area contributed by atoms with Crippen LogP contribution in [0, 0.1) is 0 Å². The number of rotatable bonds is 6. The first-order valence-corrected chi connectivity index (χ1v) is 10.5. The first-order valence-electron chi connectivity index (χ1n) is 10.5. The lowest BCUT2D eigenvalue weighted by Crippen LogP contribution is -2.25. The van der Waals surface area contributed by atoms with Crippen LogP contribution in [0.5, 0.6) is 5.75 Å². The highest BCUT2D eigenvalue weighted by atomic mass is 16.5. The number of ether oxygens (including phenoxy) is 1. The lowest BCUT2D eigenvalue weighted by Gasteiger charge is -2.11. The van der Waals surface area contributed by atoms with Crippen molar-refractivity contribution in [2.75, 3.05) is 7.11 Å². The van der Waals surface area contributed by atoms with E-state index in [4.69, 9.17) is 9.72 Å². The zero-order valence-electron chi connectivity index (χ0n) is 18.0. The van der Waals surface area contributed by atoms with Gasteiger partial charge in [0.2, 0.25) is 0 Å². The van der Waals surface area contributed by atoms with Crippen LogP contribution < -0.4 is 10.1 Å². The van der Waals surface area contributed by atoms with Gasteiger partial charge in [0, 0.05) is 36.1 Å². The molecule has 7 nitrogen and oxygen atoms in total. The molecular weight excluding hydrogens is 414 g/mol. The number of aromatic nitrogens is 4. The number of methoxy groups -OCH3 is 1. The molecule has 0 aliphatic rings. The summed E-state index contributed by atoms with van der Waals surface area (Å²) in [7, 11) is 1.62. The summed E-state index contributed by atoms with van der Waals surface area (Å²) in [5, 5.41) is 7.65. The van der Waals surface area contributed by atoms with Crippen molar-refractivity contribution in [1.82, 2.24) is 24.9 Å². The van der Waals surface area contributed by atoms with Crippen molar-refractivity contribution < 1.29 is 9.53 Å². The molecule has 3 heterocycles. The Hall–Kier alpha value is -4.52. The monoisotopic (exact) mass is 435 g/mol. The quantitative estimate of drug-likeness (QED) is 0.428. The molecule has 7 heteroatoms. The van der Waals surface area contributed by atoms with Crippen LogP contribution in [0.1, 0.15) is 16.1 Å². The molecule has 0 spiro atoms. The number of carbonyl (C=O) groups is 1. The molecule has 5 rings (SSSR count). The molecule has 0 radical (unpaired) electrons. The molecule has 0 fully saturated rings. The molecule has 0 saturated carbocycles. The summed E-state index contributed by atoms with van der Waals surface area (Å²) in [6.07, 6.45) is 3.43. The van der Waals surface area contributed by atoms with Gasteiger partial charge in [-0.3, -0.25) is 9.78 Å². The minimum atomic E-state index is -0.259. The van der Waals surface area contributed by atoms with E-state index in [1.165, 1.54) is 0 Å². The maximum atomic E-state index is 13.3. The molecule has 162 valence electrons. The fourth-order valence-electron chi connectivity index (χ4n) is 3.66. The van der Waals surface area contributed by atoms with Gasteiger partial charge in [-0.25, -0.2) is 9.50 Å². The third kappa shape index (κ3) is 4.16. The number of benzene rings is 2. The fraction of sp³-hybridized carbons (Fsp3) is 0.0769. The van der Waals surface area contributed by atoms with E-state index >= 15 is 0 Å². The van der Waals surface area contributed by atoms with E-state index < -0.39 is 0 Å². The number of nitrogens with zero attached hydrogens (tertiary/aromatic N) is 4.